The van der Waals surface area contributed by atoms with Gasteiger partial charge in [-0.1, -0.05) is 24.6 Å². The van der Waals surface area contributed by atoms with Crippen LogP contribution in [0.2, 0.25) is 0 Å². The van der Waals surface area contributed by atoms with Crippen molar-refractivity contribution in [3.63, 3.8) is 0 Å². The highest BCUT2D eigenvalue weighted by atomic mass is 32.2. The molecule has 1 heterocycles. The van der Waals surface area contributed by atoms with Gasteiger partial charge in [-0.25, -0.2) is 0 Å². The van der Waals surface area contributed by atoms with Crippen LogP contribution in [-0.2, 0) is 16.1 Å². The highest BCUT2D eigenvalue weighted by Crippen LogP contribution is 2.33. The van der Waals surface area contributed by atoms with Gasteiger partial charge >= 0.3 is 0 Å². The van der Waals surface area contributed by atoms with E-state index in [1.54, 1.807) is 21.3 Å². The normalized spacial score (nSPS) is 15.1. The molecule has 1 N–H and O–H groups in total. The minimum atomic E-state index is -0.260. The molecule has 0 aliphatic heterocycles. The third-order valence-electron chi connectivity index (χ3n) is 5.44. The third kappa shape index (κ3) is 5.92. The number of carbonyl (C=O) groups excluding carboxylic acids is 1. The number of nitrogens with one attached hydrogen (secondary N) is 1. The number of thioether (sulfide) groups is 1. The van der Waals surface area contributed by atoms with Gasteiger partial charge in [0.1, 0.15) is 0 Å². The van der Waals surface area contributed by atoms with Crippen LogP contribution in [0.1, 0.15) is 39.0 Å². The number of rotatable bonds is 11. The first-order chi connectivity index (χ1) is 15.1. The molecule has 0 radical (unpaired) electrons. The second-order valence-corrected chi connectivity index (χ2v) is 8.93. The van der Waals surface area contributed by atoms with Gasteiger partial charge in [-0.15, -0.1) is 10.2 Å². The van der Waals surface area contributed by atoms with E-state index >= 15 is 0 Å². The summed E-state index contributed by atoms with van der Waals surface area (Å²) in [6, 6.07) is 5.98. The Morgan fingerprint density at radius 1 is 1.19 bits per heavy atom. The Morgan fingerprint density at radius 2 is 1.94 bits per heavy atom. The number of hydrogen-bond donors (Lipinski definition) is 1. The van der Waals surface area contributed by atoms with Gasteiger partial charge in [0.25, 0.3) is 0 Å². The van der Waals surface area contributed by atoms with Crippen LogP contribution in [0.4, 0.5) is 0 Å². The number of methoxy groups -OCH3 is 3. The lowest BCUT2D eigenvalue weighted by molar-refractivity contribution is -0.120. The molecule has 3 rings (SSSR count). The second kappa shape index (κ2) is 11.4. The van der Waals surface area contributed by atoms with Gasteiger partial charge in [0.15, 0.2) is 22.5 Å². The predicted octanol–water partition coefficient (Wildman–Crippen LogP) is 3.54. The van der Waals surface area contributed by atoms with Crippen LogP contribution in [0.3, 0.4) is 0 Å². The highest BCUT2D eigenvalue weighted by molar-refractivity contribution is 8.00. The maximum absolute atomic E-state index is 12.7. The molecule has 0 spiro atoms. The Labute approximate surface area is 188 Å². The van der Waals surface area contributed by atoms with Crippen LogP contribution < -0.4 is 14.8 Å². The van der Waals surface area contributed by atoms with Crippen molar-refractivity contribution in [3.05, 3.63) is 18.2 Å². The zero-order valence-corrected chi connectivity index (χ0v) is 19.5. The zero-order chi connectivity index (χ0) is 22.2. The molecule has 9 heteroatoms. The number of aromatic nitrogens is 3. The van der Waals surface area contributed by atoms with Gasteiger partial charge in [0.05, 0.1) is 19.5 Å². The molecule has 1 unspecified atom stereocenters. The fraction of sp³-hybridized carbons (Fsp3) is 0.591. The number of nitrogens with zero attached hydrogens (tertiary/aromatic N) is 3. The van der Waals surface area contributed by atoms with Crippen molar-refractivity contribution >= 4 is 17.7 Å². The molecule has 1 aromatic heterocycles. The van der Waals surface area contributed by atoms with E-state index in [0.29, 0.717) is 30.7 Å². The minimum absolute atomic E-state index is 0.0519. The van der Waals surface area contributed by atoms with Gasteiger partial charge in [0.2, 0.25) is 5.91 Å². The van der Waals surface area contributed by atoms with Gasteiger partial charge < -0.3 is 24.1 Å². The fourth-order valence-electron chi connectivity index (χ4n) is 3.73. The topological polar surface area (TPSA) is 87.5 Å². The predicted molar refractivity (Wildman–Crippen MR) is 121 cm³/mol. The first kappa shape index (κ1) is 23.4. The molecule has 1 saturated carbocycles. The largest absolute Gasteiger partial charge is 0.493 e. The number of benzene rings is 1. The molecular weight excluding hydrogens is 416 g/mol. The van der Waals surface area contributed by atoms with Crippen molar-refractivity contribution in [2.75, 3.05) is 27.9 Å². The fourth-order valence-corrected chi connectivity index (χ4v) is 4.62. The van der Waals surface area contributed by atoms with Crippen LogP contribution in [0.15, 0.2) is 23.4 Å². The smallest absolute Gasteiger partial charge is 0.233 e. The van der Waals surface area contributed by atoms with E-state index in [0.717, 1.165) is 35.8 Å². The number of carbonyl (C=O) groups is 1. The van der Waals surface area contributed by atoms with Crippen LogP contribution in [0, 0.1) is 0 Å². The second-order valence-electron chi connectivity index (χ2n) is 7.62. The van der Waals surface area contributed by atoms with E-state index in [1.165, 1.54) is 24.6 Å². The summed E-state index contributed by atoms with van der Waals surface area (Å²) >= 11 is 1.43. The van der Waals surface area contributed by atoms with Gasteiger partial charge in [-0.05, 0) is 44.4 Å². The summed E-state index contributed by atoms with van der Waals surface area (Å²) in [5.41, 5.74) is 0.873. The third-order valence-corrected chi connectivity index (χ3v) is 6.52. The van der Waals surface area contributed by atoms with Crippen LogP contribution >= 0.6 is 11.8 Å². The molecule has 8 nitrogen and oxygen atoms in total. The maximum Gasteiger partial charge on any atom is 0.233 e. The van der Waals surface area contributed by atoms with Crippen molar-refractivity contribution in [2.24, 2.45) is 0 Å². The van der Waals surface area contributed by atoms with Crippen molar-refractivity contribution in [1.29, 1.82) is 0 Å². The van der Waals surface area contributed by atoms with E-state index in [2.05, 4.69) is 15.5 Å². The number of ether oxygens (including phenoxy) is 3. The van der Waals surface area contributed by atoms with Crippen molar-refractivity contribution in [2.45, 2.75) is 62.0 Å². The molecule has 1 aliphatic rings. The Hall–Kier alpha value is -2.26. The zero-order valence-electron chi connectivity index (χ0n) is 18.7. The summed E-state index contributed by atoms with van der Waals surface area (Å²) in [6.07, 6.45) is 5.33. The standard InChI is InChI=1S/C22H32N4O4S/c1-15(21(27)23-17-8-5-6-9-17)31-22-25-24-20(26(22)12-7-13-28-2)16-10-11-18(29-3)19(14-16)30-4/h10-11,14-15,17H,5-9,12-13H2,1-4H3,(H,23,27). The van der Waals surface area contributed by atoms with Gasteiger partial charge in [-0.2, -0.15) is 0 Å². The van der Waals surface area contributed by atoms with Crippen molar-refractivity contribution in [3.8, 4) is 22.9 Å². The lowest BCUT2D eigenvalue weighted by Gasteiger charge is -2.17. The molecule has 1 aromatic carbocycles. The number of hydrogen-bond acceptors (Lipinski definition) is 7. The van der Waals surface area contributed by atoms with Crippen molar-refractivity contribution < 1.29 is 19.0 Å². The number of amides is 1. The molecule has 1 amide bonds. The molecule has 170 valence electrons. The summed E-state index contributed by atoms with van der Waals surface area (Å²) in [5, 5.41) is 12.5. The first-order valence-corrected chi connectivity index (χ1v) is 11.6. The summed E-state index contributed by atoms with van der Waals surface area (Å²) in [6.45, 7) is 3.23. The molecule has 2 aromatic rings. The molecule has 0 bridgehead atoms. The highest BCUT2D eigenvalue weighted by Gasteiger charge is 2.24. The summed E-state index contributed by atoms with van der Waals surface area (Å²) in [5.74, 6) is 2.06. The van der Waals surface area contributed by atoms with Crippen LogP contribution in [0.5, 0.6) is 11.5 Å². The quantitative estimate of drug-likeness (QED) is 0.415. The van der Waals surface area contributed by atoms with E-state index < -0.39 is 0 Å². The minimum Gasteiger partial charge on any atom is -0.493 e. The Kier molecular flexibility index (Phi) is 8.60. The van der Waals surface area contributed by atoms with Crippen molar-refractivity contribution in [1.82, 2.24) is 20.1 Å². The Morgan fingerprint density at radius 3 is 2.61 bits per heavy atom. The Bertz CT molecular complexity index is 867. The monoisotopic (exact) mass is 448 g/mol. The van der Waals surface area contributed by atoms with E-state index in [-0.39, 0.29) is 11.2 Å². The molecular formula is C22H32N4O4S. The van der Waals surface area contributed by atoms with Crippen LogP contribution in [-0.4, -0.2) is 59.9 Å². The molecule has 1 atom stereocenters. The van der Waals surface area contributed by atoms with E-state index in [4.69, 9.17) is 14.2 Å². The van der Waals surface area contributed by atoms with Gasteiger partial charge in [0, 0.05) is 31.9 Å². The molecule has 1 fully saturated rings. The average molecular weight is 449 g/mol. The van der Waals surface area contributed by atoms with Gasteiger partial charge in [-0.3, -0.25) is 4.79 Å². The summed E-state index contributed by atoms with van der Waals surface area (Å²) in [7, 11) is 4.90. The lowest BCUT2D eigenvalue weighted by Crippen LogP contribution is -2.37. The Balaban J connectivity index is 1.81. The maximum atomic E-state index is 12.7. The van der Waals surface area contributed by atoms with E-state index in [9.17, 15) is 4.79 Å². The molecule has 1 aliphatic carbocycles. The summed E-state index contributed by atoms with van der Waals surface area (Å²) in [4.78, 5) is 12.7. The average Bonchev–Trinajstić information content (AvgIpc) is 3.43. The first-order valence-electron chi connectivity index (χ1n) is 10.7. The SMILES string of the molecule is COCCCn1c(SC(C)C(=O)NC2CCCC2)nnc1-c1ccc(OC)c(OC)c1. The summed E-state index contributed by atoms with van der Waals surface area (Å²) < 4.78 is 18.1. The lowest BCUT2D eigenvalue weighted by atomic mass is 10.2. The molecule has 0 saturated heterocycles. The van der Waals surface area contributed by atoms with Crippen LogP contribution in [0.25, 0.3) is 11.4 Å². The van der Waals surface area contributed by atoms with E-state index in [1.807, 2.05) is 29.7 Å². The molecule has 31 heavy (non-hydrogen) atoms.